The minimum absolute atomic E-state index is 0.0260. The standard InChI is InChI=1S/C12H11F4NO/c1-8(9-5-3-2-4-6-9)10(13)7-17-11(18)12(14,15)16/h2-6,10H,1,7H2,(H,17,18)/t10-/m1/s1. The Morgan fingerprint density at radius 1 is 1.28 bits per heavy atom. The van der Waals surface area contributed by atoms with Crippen LogP contribution in [0.2, 0.25) is 0 Å². The van der Waals surface area contributed by atoms with E-state index in [0.29, 0.717) is 5.56 Å². The Morgan fingerprint density at radius 2 is 1.83 bits per heavy atom. The molecule has 1 aromatic carbocycles. The lowest BCUT2D eigenvalue weighted by Crippen LogP contribution is -2.40. The van der Waals surface area contributed by atoms with E-state index in [2.05, 4.69) is 6.58 Å². The summed E-state index contributed by atoms with van der Waals surface area (Å²) in [6.07, 6.45) is -6.77. The fraction of sp³-hybridized carbons (Fsp3) is 0.250. The highest BCUT2D eigenvalue weighted by molar-refractivity contribution is 5.82. The zero-order valence-electron chi connectivity index (χ0n) is 9.30. The van der Waals surface area contributed by atoms with E-state index in [1.165, 1.54) is 5.32 Å². The van der Waals surface area contributed by atoms with E-state index in [-0.39, 0.29) is 5.57 Å². The van der Waals surface area contributed by atoms with Gasteiger partial charge < -0.3 is 5.32 Å². The Hall–Kier alpha value is -1.85. The number of hydrogen-bond acceptors (Lipinski definition) is 1. The van der Waals surface area contributed by atoms with Gasteiger partial charge in [-0.3, -0.25) is 4.79 Å². The zero-order valence-corrected chi connectivity index (χ0v) is 9.30. The number of halogens is 4. The third-order valence-corrected chi connectivity index (χ3v) is 2.22. The summed E-state index contributed by atoms with van der Waals surface area (Å²) in [7, 11) is 0. The van der Waals surface area contributed by atoms with Crippen molar-refractivity contribution in [3.8, 4) is 0 Å². The minimum atomic E-state index is -5.01. The summed E-state index contributed by atoms with van der Waals surface area (Å²) in [5, 5.41) is 1.47. The molecular formula is C12H11F4NO. The number of nitrogens with one attached hydrogen (secondary N) is 1. The molecule has 1 atom stereocenters. The Labute approximate surface area is 101 Å². The SMILES string of the molecule is C=C(c1ccccc1)[C@H](F)CNC(=O)C(F)(F)F. The Bertz CT molecular complexity index is 427. The summed E-state index contributed by atoms with van der Waals surface area (Å²) in [6, 6.07) is 8.19. The number of carbonyl (C=O) groups is 1. The number of benzene rings is 1. The molecule has 1 amide bonds. The van der Waals surface area contributed by atoms with E-state index < -0.39 is 24.8 Å². The van der Waals surface area contributed by atoms with Crippen LogP contribution in [-0.4, -0.2) is 24.8 Å². The lowest BCUT2D eigenvalue weighted by atomic mass is 10.0. The van der Waals surface area contributed by atoms with Crippen molar-refractivity contribution in [1.29, 1.82) is 0 Å². The highest BCUT2D eigenvalue weighted by Crippen LogP contribution is 2.19. The van der Waals surface area contributed by atoms with E-state index in [4.69, 9.17) is 0 Å². The molecular weight excluding hydrogens is 250 g/mol. The predicted molar refractivity (Wildman–Crippen MR) is 59.4 cm³/mol. The molecule has 0 bridgehead atoms. The summed E-state index contributed by atoms with van der Waals surface area (Å²) in [5.74, 6) is -2.16. The van der Waals surface area contributed by atoms with Gasteiger partial charge in [-0.15, -0.1) is 0 Å². The van der Waals surface area contributed by atoms with Crippen LogP contribution in [-0.2, 0) is 4.79 Å². The first kappa shape index (κ1) is 14.2. The second-order valence-electron chi connectivity index (χ2n) is 3.57. The van der Waals surface area contributed by atoms with Gasteiger partial charge in [0.2, 0.25) is 0 Å². The number of carbonyl (C=O) groups excluding carboxylic acids is 1. The molecule has 1 N–H and O–H groups in total. The summed E-state index contributed by atoms with van der Waals surface area (Å²) in [4.78, 5) is 10.5. The molecule has 0 radical (unpaired) electrons. The largest absolute Gasteiger partial charge is 0.471 e. The Balaban J connectivity index is 2.54. The first-order valence-electron chi connectivity index (χ1n) is 5.05. The highest BCUT2D eigenvalue weighted by Gasteiger charge is 2.38. The van der Waals surface area contributed by atoms with Crippen LogP contribution in [0.25, 0.3) is 5.57 Å². The molecule has 0 aromatic heterocycles. The first-order chi connectivity index (χ1) is 8.32. The van der Waals surface area contributed by atoms with Crippen molar-refractivity contribution in [2.24, 2.45) is 0 Å². The van der Waals surface area contributed by atoms with E-state index in [1.54, 1.807) is 30.3 Å². The molecule has 1 rings (SSSR count). The maximum Gasteiger partial charge on any atom is 0.471 e. The third-order valence-electron chi connectivity index (χ3n) is 2.22. The maximum absolute atomic E-state index is 13.5. The molecule has 18 heavy (non-hydrogen) atoms. The Morgan fingerprint density at radius 3 is 2.33 bits per heavy atom. The van der Waals surface area contributed by atoms with Crippen LogP contribution in [0.3, 0.4) is 0 Å². The molecule has 0 spiro atoms. The first-order valence-corrected chi connectivity index (χ1v) is 5.05. The van der Waals surface area contributed by atoms with E-state index >= 15 is 0 Å². The molecule has 0 saturated heterocycles. The molecule has 0 aliphatic rings. The van der Waals surface area contributed by atoms with Gasteiger partial charge in [0.25, 0.3) is 0 Å². The second-order valence-corrected chi connectivity index (χ2v) is 3.57. The van der Waals surface area contributed by atoms with Crippen LogP contribution in [0.4, 0.5) is 17.6 Å². The monoisotopic (exact) mass is 261 g/mol. The average Bonchev–Trinajstić information content (AvgIpc) is 2.34. The molecule has 0 saturated carbocycles. The van der Waals surface area contributed by atoms with Gasteiger partial charge in [0, 0.05) is 0 Å². The van der Waals surface area contributed by atoms with Crippen LogP contribution in [0.15, 0.2) is 36.9 Å². The van der Waals surface area contributed by atoms with Crippen molar-refractivity contribution >= 4 is 11.5 Å². The van der Waals surface area contributed by atoms with E-state index in [9.17, 15) is 22.4 Å². The molecule has 0 heterocycles. The lowest BCUT2D eigenvalue weighted by Gasteiger charge is -2.13. The quantitative estimate of drug-likeness (QED) is 0.829. The van der Waals surface area contributed by atoms with Gasteiger partial charge in [0.15, 0.2) is 0 Å². The summed E-state index contributed by atoms with van der Waals surface area (Å²) in [6.45, 7) is 2.70. The normalized spacial score (nSPS) is 12.9. The molecule has 2 nitrogen and oxygen atoms in total. The lowest BCUT2D eigenvalue weighted by molar-refractivity contribution is -0.173. The topological polar surface area (TPSA) is 29.1 Å². The zero-order chi connectivity index (χ0) is 13.8. The van der Waals surface area contributed by atoms with Crippen molar-refractivity contribution in [3.05, 3.63) is 42.5 Å². The van der Waals surface area contributed by atoms with E-state index in [0.717, 1.165) is 0 Å². The summed E-state index contributed by atoms with van der Waals surface area (Å²) >= 11 is 0. The molecule has 0 unspecified atom stereocenters. The van der Waals surface area contributed by atoms with Crippen molar-refractivity contribution in [2.45, 2.75) is 12.3 Å². The summed E-state index contributed by atoms with van der Waals surface area (Å²) < 4.78 is 49.1. The third kappa shape index (κ3) is 3.87. The van der Waals surface area contributed by atoms with Gasteiger partial charge in [-0.05, 0) is 11.1 Å². The second kappa shape index (κ2) is 5.66. The molecule has 6 heteroatoms. The van der Waals surface area contributed by atoms with Crippen LogP contribution < -0.4 is 5.32 Å². The van der Waals surface area contributed by atoms with Crippen molar-refractivity contribution in [2.75, 3.05) is 6.54 Å². The molecule has 0 aliphatic heterocycles. The number of rotatable bonds is 4. The number of alkyl halides is 4. The fourth-order valence-corrected chi connectivity index (χ4v) is 1.24. The van der Waals surface area contributed by atoms with Gasteiger partial charge in [-0.1, -0.05) is 36.9 Å². The minimum Gasteiger partial charge on any atom is -0.345 e. The van der Waals surface area contributed by atoms with Crippen LogP contribution in [0.1, 0.15) is 5.56 Å². The Kier molecular flexibility index (Phi) is 4.47. The van der Waals surface area contributed by atoms with Crippen molar-refractivity contribution < 1.29 is 22.4 Å². The summed E-state index contributed by atoms with van der Waals surface area (Å²) in [5.41, 5.74) is 0.504. The van der Waals surface area contributed by atoms with Gasteiger partial charge in [-0.2, -0.15) is 13.2 Å². The molecule has 0 aliphatic carbocycles. The van der Waals surface area contributed by atoms with Crippen LogP contribution in [0.5, 0.6) is 0 Å². The number of amides is 1. The smallest absolute Gasteiger partial charge is 0.345 e. The van der Waals surface area contributed by atoms with Gasteiger partial charge in [0.1, 0.15) is 6.17 Å². The van der Waals surface area contributed by atoms with Crippen molar-refractivity contribution in [1.82, 2.24) is 5.32 Å². The van der Waals surface area contributed by atoms with E-state index in [1.807, 2.05) is 0 Å². The highest BCUT2D eigenvalue weighted by atomic mass is 19.4. The molecule has 98 valence electrons. The predicted octanol–water partition coefficient (Wildman–Crippen LogP) is 2.72. The van der Waals surface area contributed by atoms with Gasteiger partial charge >= 0.3 is 12.1 Å². The van der Waals surface area contributed by atoms with Crippen molar-refractivity contribution in [3.63, 3.8) is 0 Å². The van der Waals surface area contributed by atoms with Gasteiger partial charge in [0.05, 0.1) is 6.54 Å². The number of hydrogen-bond donors (Lipinski definition) is 1. The maximum atomic E-state index is 13.5. The fourth-order valence-electron chi connectivity index (χ4n) is 1.24. The van der Waals surface area contributed by atoms with Gasteiger partial charge in [-0.25, -0.2) is 4.39 Å². The molecule has 0 fully saturated rings. The average molecular weight is 261 g/mol. The van der Waals surface area contributed by atoms with Crippen LogP contribution >= 0.6 is 0 Å². The molecule has 1 aromatic rings. The van der Waals surface area contributed by atoms with Crippen LogP contribution in [0, 0.1) is 0 Å².